The van der Waals surface area contributed by atoms with E-state index in [2.05, 4.69) is 19.9 Å². The van der Waals surface area contributed by atoms with Crippen molar-refractivity contribution in [1.29, 1.82) is 0 Å². The van der Waals surface area contributed by atoms with E-state index in [4.69, 9.17) is 0 Å². The van der Waals surface area contributed by atoms with Crippen LogP contribution in [0.5, 0.6) is 0 Å². The van der Waals surface area contributed by atoms with Gasteiger partial charge in [-0.05, 0) is 19.8 Å². The summed E-state index contributed by atoms with van der Waals surface area (Å²) >= 11 is 1.42. The molecule has 1 aliphatic rings. The number of benzene rings is 1. The lowest BCUT2D eigenvalue weighted by molar-refractivity contribution is 0.103. The van der Waals surface area contributed by atoms with Crippen LogP contribution < -0.4 is 5.32 Å². The van der Waals surface area contributed by atoms with Crippen LogP contribution in [0, 0.1) is 6.92 Å². The van der Waals surface area contributed by atoms with Gasteiger partial charge in [0.15, 0.2) is 0 Å². The van der Waals surface area contributed by atoms with Crippen LogP contribution in [0.15, 0.2) is 36.5 Å². The Hall–Kier alpha value is -2.47. The monoisotopic (exact) mass is 338 g/mol. The first-order valence-corrected chi connectivity index (χ1v) is 8.92. The number of nitrogens with zero attached hydrogens (tertiary/aromatic N) is 3. The molecular weight excluding hydrogens is 320 g/mol. The molecule has 0 fully saturated rings. The van der Waals surface area contributed by atoms with Crippen molar-refractivity contribution in [1.82, 2.24) is 14.5 Å². The van der Waals surface area contributed by atoms with E-state index in [1.54, 1.807) is 6.20 Å². The topological polar surface area (TPSA) is 59.8 Å². The summed E-state index contributed by atoms with van der Waals surface area (Å²) in [5.41, 5.74) is 1.70. The number of hydrogen-bond donors (Lipinski definition) is 1. The fourth-order valence-corrected chi connectivity index (χ4v) is 3.90. The van der Waals surface area contributed by atoms with E-state index in [1.807, 2.05) is 37.3 Å². The lowest BCUT2D eigenvalue weighted by atomic mass is 10.1. The number of carbonyl (C=O) groups is 1. The fourth-order valence-electron chi connectivity index (χ4n) is 3.06. The maximum atomic E-state index is 12.8. The van der Waals surface area contributed by atoms with E-state index in [0.29, 0.717) is 4.88 Å². The van der Waals surface area contributed by atoms with Gasteiger partial charge in [0.25, 0.3) is 5.91 Å². The molecular formula is C18H18N4OS. The third-order valence-electron chi connectivity index (χ3n) is 4.20. The number of rotatable bonds is 3. The van der Waals surface area contributed by atoms with Crippen LogP contribution in [0.25, 0.3) is 11.3 Å². The molecule has 0 saturated carbocycles. The van der Waals surface area contributed by atoms with Crippen molar-refractivity contribution >= 4 is 23.1 Å². The van der Waals surface area contributed by atoms with Gasteiger partial charge in [-0.1, -0.05) is 30.3 Å². The number of carbonyl (C=O) groups excluding carboxylic acids is 1. The lowest BCUT2D eigenvalue weighted by Crippen LogP contribution is -2.18. The number of hydrogen-bond acceptors (Lipinski definition) is 4. The van der Waals surface area contributed by atoms with Gasteiger partial charge >= 0.3 is 0 Å². The summed E-state index contributed by atoms with van der Waals surface area (Å²) in [7, 11) is 0. The number of amides is 1. The summed E-state index contributed by atoms with van der Waals surface area (Å²) in [4.78, 5) is 22.4. The van der Waals surface area contributed by atoms with E-state index in [9.17, 15) is 4.79 Å². The first kappa shape index (κ1) is 15.1. The molecule has 0 radical (unpaired) electrons. The first-order chi connectivity index (χ1) is 11.7. The van der Waals surface area contributed by atoms with Crippen molar-refractivity contribution in [2.75, 3.05) is 5.32 Å². The quantitative estimate of drug-likeness (QED) is 0.788. The van der Waals surface area contributed by atoms with Crippen LogP contribution in [0.1, 0.15) is 33.3 Å². The molecule has 6 heteroatoms. The molecule has 0 saturated heterocycles. The van der Waals surface area contributed by atoms with Crippen molar-refractivity contribution in [3.05, 3.63) is 52.2 Å². The second-order valence-electron chi connectivity index (χ2n) is 5.90. The molecule has 3 aromatic rings. The zero-order valence-corrected chi connectivity index (χ0v) is 14.3. The van der Waals surface area contributed by atoms with Crippen LogP contribution in [-0.4, -0.2) is 20.4 Å². The average molecular weight is 338 g/mol. The van der Waals surface area contributed by atoms with Crippen LogP contribution in [0.2, 0.25) is 0 Å². The molecule has 3 heterocycles. The third-order valence-corrected chi connectivity index (χ3v) is 5.17. The van der Waals surface area contributed by atoms with Crippen molar-refractivity contribution in [2.45, 2.75) is 32.7 Å². The van der Waals surface area contributed by atoms with E-state index in [-0.39, 0.29) is 5.91 Å². The zero-order chi connectivity index (χ0) is 16.5. The summed E-state index contributed by atoms with van der Waals surface area (Å²) in [6, 6.07) is 9.83. The summed E-state index contributed by atoms with van der Waals surface area (Å²) in [5, 5.41) is 3.91. The van der Waals surface area contributed by atoms with Gasteiger partial charge in [0.05, 0.1) is 16.9 Å². The molecule has 1 aliphatic heterocycles. The van der Waals surface area contributed by atoms with Crippen molar-refractivity contribution in [3.63, 3.8) is 0 Å². The fraction of sp³-hybridized carbons (Fsp3) is 0.278. The third kappa shape index (κ3) is 2.73. The maximum Gasteiger partial charge on any atom is 0.269 e. The number of thiazole rings is 1. The minimum absolute atomic E-state index is 0.118. The Morgan fingerprint density at radius 3 is 2.92 bits per heavy atom. The smallest absolute Gasteiger partial charge is 0.269 e. The van der Waals surface area contributed by atoms with Gasteiger partial charge in [-0.15, -0.1) is 11.3 Å². The highest BCUT2D eigenvalue weighted by atomic mass is 32.1. The molecule has 0 atom stereocenters. The summed E-state index contributed by atoms with van der Waals surface area (Å²) in [5.74, 6) is 1.72. The van der Waals surface area contributed by atoms with Gasteiger partial charge in [0.2, 0.25) is 0 Å². The molecule has 0 bridgehead atoms. The standard InChI is InChI=1S/C18H18N4OS/c1-12-20-16(13-7-3-2-4-8-13)17(24-12)18(23)21-15-11-19-14-9-5-6-10-22(14)15/h2-4,7-8,11H,5-6,9-10H2,1H3,(H,21,23). The summed E-state index contributed by atoms with van der Waals surface area (Å²) in [6.45, 7) is 2.84. The van der Waals surface area contributed by atoms with Gasteiger partial charge in [-0.2, -0.15) is 0 Å². The van der Waals surface area contributed by atoms with Crippen molar-refractivity contribution in [2.24, 2.45) is 0 Å². The van der Waals surface area contributed by atoms with Crippen molar-refractivity contribution < 1.29 is 4.79 Å². The van der Waals surface area contributed by atoms with Gasteiger partial charge in [0, 0.05) is 18.5 Å². The minimum atomic E-state index is -0.118. The van der Waals surface area contributed by atoms with E-state index < -0.39 is 0 Å². The van der Waals surface area contributed by atoms with Gasteiger partial charge in [-0.25, -0.2) is 9.97 Å². The highest BCUT2D eigenvalue weighted by molar-refractivity contribution is 7.14. The number of nitrogens with one attached hydrogen (secondary N) is 1. The Bertz CT molecular complexity index is 882. The molecule has 0 aliphatic carbocycles. The molecule has 1 N–H and O–H groups in total. The molecule has 5 nitrogen and oxygen atoms in total. The number of aromatic nitrogens is 3. The van der Waals surface area contributed by atoms with Crippen LogP contribution >= 0.6 is 11.3 Å². The molecule has 0 spiro atoms. The second-order valence-corrected chi connectivity index (χ2v) is 7.10. The molecule has 122 valence electrons. The molecule has 2 aromatic heterocycles. The van der Waals surface area contributed by atoms with Crippen LogP contribution in [-0.2, 0) is 13.0 Å². The molecule has 4 rings (SSSR count). The predicted molar refractivity (Wildman–Crippen MR) is 95.4 cm³/mol. The zero-order valence-electron chi connectivity index (χ0n) is 13.5. The SMILES string of the molecule is Cc1nc(-c2ccccc2)c(C(=O)Nc2cnc3n2CCCC3)s1. The first-order valence-electron chi connectivity index (χ1n) is 8.11. The Morgan fingerprint density at radius 2 is 2.08 bits per heavy atom. The van der Waals surface area contributed by atoms with Gasteiger partial charge < -0.3 is 9.88 Å². The summed E-state index contributed by atoms with van der Waals surface area (Å²) in [6.07, 6.45) is 5.02. The molecule has 24 heavy (non-hydrogen) atoms. The van der Waals surface area contributed by atoms with Gasteiger partial charge in [0.1, 0.15) is 16.5 Å². The van der Waals surface area contributed by atoms with Crippen molar-refractivity contribution in [3.8, 4) is 11.3 Å². The Labute approximate surface area is 144 Å². The minimum Gasteiger partial charge on any atom is -0.315 e. The van der Waals surface area contributed by atoms with Crippen LogP contribution in [0.4, 0.5) is 5.82 Å². The number of fused-ring (bicyclic) bond motifs is 1. The maximum absolute atomic E-state index is 12.8. The Morgan fingerprint density at radius 1 is 1.25 bits per heavy atom. The normalized spacial score (nSPS) is 13.5. The van der Waals surface area contributed by atoms with E-state index in [0.717, 1.165) is 53.7 Å². The number of anilines is 1. The molecule has 1 aromatic carbocycles. The van der Waals surface area contributed by atoms with E-state index in [1.165, 1.54) is 11.3 Å². The summed E-state index contributed by atoms with van der Waals surface area (Å²) < 4.78 is 2.11. The Kier molecular flexibility index (Phi) is 3.90. The number of aryl methyl sites for hydroxylation is 2. The van der Waals surface area contributed by atoms with E-state index >= 15 is 0 Å². The highest BCUT2D eigenvalue weighted by Crippen LogP contribution is 2.29. The number of imidazole rings is 1. The molecule has 0 unspecified atom stereocenters. The highest BCUT2D eigenvalue weighted by Gasteiger charge is 2.21. The van der Waals surface area contributed by atoms with Crippen LogP contribution in [0.3, 0.4) is 0 Å². The lowest BCUT2D eigenvalue weighted by Gasteiger charge is -2.16. The second kappa shape index (κ2) is 6.20. The average Bonchev–Trinajstić information content (AvgIpc) is 3.20. The Balaban J connectivity index is 1.65. The largest absolute Gasteiger partial charge is 0.315 e. The predicted octanol–water partition coefficient (Wildman–Crippen LogP) is 3.90. The molecule has 1 amide bonds. The van der Waals surface area contributed by atoms with Gasteiger partial charge in [-0.3, -0.25) is 4.79 Å².